The minimum Gasteiger partial charge on any atom is -0.285 e. The molecule has 0 aromatic heterocycles. The number of rotatable bonds is 14. The highest BCUT2D eigenvalue weighted by molar-refractivity contribution is 5.18. The average molecular weight is 308 g/mol. The molecule has 3 heteroatoms. The Balaban J connectivity index is 4.57. The molecule has 0 saturated carbocycles. The molecule has 0 unspecified atom stereocenters. The maximum atomic E-state index is 4.17. The van der Waals surface area contributed by atoms with Gasteiger partial charge in [-0.15, -0.1) is 5.11 Å². The molecule has 128 valence electrons. The van der Waals surface area contributed by atoms with E-state index in [9.17, 15) is 0 Å². The Labute approximate surface area is 138 Å². The molecule has 0 amide bonds. The van der Waals surface area contributed by atoms with Gasteiger partial charge in [0.15, 0.2) is 0 Å². The second kappa shape index (κ2) is 14.8. The minimum atomic E-state index is 0.590. The molecule has 0 aromatic carbocycles. The van der Waals surface area contributed by atoms with E-state index in [1.807, 2.05) is 26.4 Å². The van der Waals surface area contributed by atoms with Gasteiger partial charge in [0.2, 0.25) is 0 Å². The predicted molar refractivity (Wildman–Crippen MR) is 97.8 cm³/mol. The quantitative estimate of drug-likeness (QED) is 0.155. The Morgan fingerprint density at radius 1 is 0.955 bits per heavy atom. The van der Waals surface area contributed by atoms with Crippen LogP contribution in [0, 0.1) is 5.92 Å². The van der Waals surface area contributed by atoms with Gasteiger partial charge in [-0.2, -0.15) is 0 Å². The third-order valence-corrected chi connectivity index (χ3v) is 3.96. The minimum absolute atomic E-state index is 0.590. The Morgan fingerprint density at radius 3 is 1.91 bits per heavy atom. The number of nitrogens with zero attached hydrogens (tertiary/aromatic N) is 3. The molecule has 0 radical (unpaired) electrons. The van der Waals surface area contributed by atoms with Crippen LogP contribution in [-0.2, 0) is 0 Å². The van der Waals surface area contributed by atoms with Crippen LogP contribution in [-0.4, -0.2) is 19.1 Å². The predicted octanol–water partition coefficient (Wildman–Crippen LogP) is 6.54. The van der Waals surface area contributed by atoms with Crippen molar-refractivity contribution in [1.29, 1.82) is 0 Å². The van der Waals surface area contributed by atoms with E-state index in [4.69, 9.17) is 0 Å². The van der Waals surface area contributed by atoms with Crippen LogP contribution in [0.1, 0.15) is 78.1 Å². The number of hydrogen-bond donors (Lipinski definition) is 0. The van der Waals surface area contributed by atoms with E-state index in [1.54, 1.807) is 5.01 Å². The molecule has 0 saturated heterocycles. The van der Waals surface area contributed by atoms with Gasteiger partial charge in [-0.3, -0.25) is 5.01 Å². The van der Waals surface area contributed by atoms with Crippen LogP contribution in [0.5, 0.6) is 0 Å². The van der Waals surface area contributed by atoms with Crippen molar-refractivity contribution in [3.8, 4) is 0 Å². The summed E-state index contributed by atoms with van der Waals surface area (Å²) in [6, 6.07) is 0. The first-order valence-corrected chi connectivity index (χ1v) is 9.06. The van der Waals surface area contributed by atoms with Gasteiger partial charge < -0.3 is 0 Å². The zero-order valence-electron chi connectivity index (χ0n) is 15.4. The largest absolute Gasteiger partial charge is 0.285 e. The summed E-state index contributed by atoms with van der Waals surface area (Å²) >= 11 is 0. The fraction of sp³-hybridized carbons (Fsp3) is 0.789. The molecular weight excluding hydrogens is 270 g/mol. The van der Waals surface area contributed by atoms with E-state index >= 15 is 0 Å². The van der Waals surface area contributed by atoms with Crippen molar-refractivity contribution in [3.05, 3.63) is 24.4 Å². The summed E-state index contributed by atoms with van der Waals surface area (Å²) in [6.45, 7) is 8.51. The topological polar surface area (TPSA) is 28.0 Å². The number of unbranched alkanes of at least 4 members (excludes halogenated alkanes) is 6. The van der Waals surface area contributed by atoms with Gasteiger partial charge in [-0.25, -0.2) is 0 Å². The molecule has 0 N–H and O–H groups in total. The summed E-state index contributed by atoms with van der Waals surface area (Å²) in [7, 11) is 3.77. The Kier molecular flexibility index (Phi) is 14.0. The van der Waals surface area contributed by atoms with Crippen LogP contribution < -0.4 is 0 Å². The van der Waals surface area contributed by atoms with Crippen LogP contribution in [0.15, 0.2) is 34.8 Å². The Hall–Kier alpha value is -1.12. The maximum Gasteiger partial charge on any atom is 0.0547 e. The lowest BCUT2D eigenvalue weighted by molar-refractivity contribution is 0.406. The zero-order chi connectivity index (χ0) is 16.6. The first kappa shape index (κ1) is 20.9. The van der Waals surface area contributed by atoms with Crippen LogP contribution in [0.2, 0.25) is 0 Å². The first-order valence-electron chi connectivity index (χ1n) is 9.06. The van der Waals surface area contributed by atoms with Crippen molar-refractivity contribution in [2.75, 3.05) is 14.1 Å². The molecule has 0 atom stereocenters. The van der Waals surface area contributed by atoms with Crippen molar-refractivity contribution < 1.29 is 0 Å². The van der Waals surface area contributed by atoms with Crippen molar-refractivity contribution in [1.82, 2.24) is 5.01 Å². The van der Waals surface area contributed by atoms with E-state index in [-0.39, 0.29) is 0 Å². The average Bonchev–Trinajstić information content (AvgIpc) is 2.50. The van der Waals surface area contributed by atoms with Crippen LogP contribution in [0.4, 0.5) is 0 Å². The maximum absolute atomic E-state index is 4.17. The molecule has 0 fully saturated rings. The highest BCUT2D eigenvalue weighted by atomic mass is 15.5. The summed E-state index contributed by atoms with van der Waals surface area (Å²) in [5.74, 6) is 0.590. The zero-order valence-corrected chi connectivity index (χ0v) is 15.4. The standard InChI is InChI=1S/C19H37N3/c1-6-9-11-13-15-19(16-14-12-10-7-2)18(8-3)17-20-21-22(4)5/h8,17,19H,3,6-7,9-16H2,1-2,4-5H3/b18-17+,21-20?. The van der Waals surface area contributed by atoms with Gasteiger partial charge in [0, 0.05) is 14.1 Å². The van der Waals surface area contributed by atoms with E-state index in [2.05, 4.69) is 30.8 Å². The van der Waals surface area contributed by atoms with Crippen molar-refractivity contribution in [2.24, 2.45) is 16.3 Å². The summed E-state index contributed by atoms with van der Waals surface area (Å²) in [4.78, 5) is 0. The highest BCUT2D eigenvalue weighted by Crippen LogP contribution is 2.26. The fourth-order valence-corrected chi connectivity index (χ4v) is 2.63. The van der Waals surface area contributed by atoms with Crippen molar-refractivity contribution in [2.45, 2.75) is 78.1 Å². The van der Waals surface area contributed by atoms with Gasteiger partial charge in [0.1, 0.15) is 0 Å². The molecule has 0 heterocycles. The molecule has 0 bridgehead atoms. The Bertz CT molecular complexity index is 307. The summed E-state index contributed by atoms with van der Waals surface area (Å²) in [5, 5.41) is 9.93. The second-order valence-corrected chi connectivity index (χ2v) is 6.28. The van der Waals surface area contributed by atoms with Gasteiger partial charge in [-0.05, 0) is 24.3 Å². The Morgan fingerprint density at radius 2 is 1.50 bits per heavy atom. The summed E-state index contributed by atoms with van der Waals surface area (Å²) in [6.07, 6.45) is 16.9. The number of allylic oxidation sites excluding steroid dienone is 2. The van der Waals surface area contributed by atoms with Crippen LogP contribution >= 0.6 is 0 Å². The smallest absolute Gasteiger partial charge is 0.0547 e. The van der Waals surface area contributed by atoms with Crippen LogP contribution in [0.25, 0.3) is 0 Å². The third kappa shape index (κ3) is 11.5. The van der Waals surface area contributed by atoms with E-state index in [1.165, 1.54) is 69.8 Å². The third-order valence-electron chi connectivity index (χ3n) is 3.96. The first-order chi connectivity index (χ1) is 10.7. The molecular formula is C19H37N3. The molecule has 22 heavy (non-hydrogen) atoms. The SMILES string of the molecule is C=C/C(=C\N=NN(C)C)C(CCCCCC)CCCCCC. The van der Waals surface area contributed by atoms with Gasteiger partial charge in [-0.1, -0.05) is 83.1 Å². The molecule has 0 aliphatic carbocycles. The molecule has 0 rings (SSSR count). The van der Waals surface area contributed by atoms with Crippen LogP contribution in [0.3, 0.4) is 0 Å². The van der Waals surface area contributed by atoms with Gasteiger partial charge in [0.25, 0.3) is 0 Å². The second-order valence-electron chi connectivity index (χ2n) is 6.28. The van der Waals surface area contributed by atoms with Gasteiger partial charge >= 0.3 is 0 Å². The number of hydrogen-bond acceptors (Lipinski definition) is 2. The van der Waals surface area contributed by atoms with E-state index < -0.39 is 0 Å². The summed E-state index contributed by atoms with van der Waals surface area (Å²) in [5.41, 5.74) is 1.25. The monoisotopic (exact) mass is 307 g/mol. The molecule has 0 aliphatic heterocycles. The normalized spacial score (nSPS) is 12.3. The van der Waals surface area contributed by atoms with E-state index in [0.29, 0.717) is 5.92 Å². The molecule has 0 spiro atoms. The highest BCUT2D eigenvalue weighted by Gasteiger charge is 2.12. The van der Waals surface area contributed by atoms with Crippen molar-refractivity contribution in [3.63, 3.8) is 0 Å². The molecule has 0 aromatic rings. The molecule has 0 aliphatic rings. The lowest BCUT2D eigenvalue weighted by atomic mass is 9.88. The lowest BCUT2D eigenvalue weighted by Crippen LogP contribution is -2.04. The van der Waals surface area contributed by atoms with E-state index in [0.717, 1.165) is 0 Å². The lowest BCUT2D eigenvalue weighted by Gasteiger charge is -2.17. The molecule has 3 nitrogen and oxygen atoms in total. The fourth-order valence-electron chi connectivity index (χ4n) is 2.63. The van der Waals surface area contributed by atoms with Crippen molar-refractivity contribution >= 4 is 0 Å². The van der Waals surface area contributed by atoms with Gasteiger partial charge in [0.05, 0.1) is 6.20 Å². The summed E-state index contributed by atoms with van der Waals surface area (Å²) < 4.78 is 0.